The van der Waals surface area contributed by atoms with Gasteiger partial charge in [-0.05, 0) is 30.3 Å². The van der Waals surface area contributed by atoms with Crippen LogP contribution >= 0.6 is 0 Å². The minimum Gasteiger partial charge on any atom is -0.490 e. The molecule has 0 saturated carbocycles. The van der Waals surface area contributed by atoms with Gasteiger partial charge in [-0.1, -0.05) is 20.8 Å². The van der Waals surface area contributed by atoms with E-state index < -0.39 is 20.6 Å². The number of H-pyrrole nitrogens is 1. The predicted octanol–water partition coefficient (Wildman–Crippen LogP) is 3.58. The summed E-state index contributed by atoms with van der Waals surface area (Å²) in [4.78, 5) is 17.9. The summed E-state index contributed by atoms with van der Waals surface area (Å²) >= 11 is 0. The highest BCUT2D eigenvalue weighted by molar-refractivity contribution is 7.92. The number of hydrogen-bond donors (Lipinski definition) is 2. The monoisotopic (exact) mass is 404 g/mol. The van der Waals surface area contributed by atoms with Gasteiger partial charge in [0, 0.05) is 11.5 Å². The van der Waals surface area contributed by atoms with Crippen LogP contribution in [0.1, 0.15) is 26.6 Å². The lowest BCUT2D eigenvalue weighted by Gasteiger charge is -2.13. The zero-order chi connectivity index (χ0) is 20.7. The van der Waals surface area contributed by atoms with Crippen LogP contribution < -0.4 is 9.46 Å². The van der Waals surface area contributed by atoms with E-state index in [0.29, 0.717) is 16.7 Å². The number of imidazole rings is 1. The van der Waals surface area contributed by atoms with Crippen molar-refractivity contribution in [2.24, 2.45) is 0 Å². The fourth-order valence-corrected chi connectivity index (χ4v) is 3.69. The fourth-order valence-electron chi connectivity index (χ4n) is 2.62. The van der Waals surface area contributed by atoms with Crippen LogP contribution in [-0.4, -0.2) is 30.4 Å². The molecule has 148 valence electrons. The van der Waals surface area contributed by atoms with E-state index in [1.54, 1.807) is 18.2 Å². The van der Waals surface area contributed by atoms with Gasteiger partial charge in [0.1, 0.15) is 5.82 Å². The Kier molecular flexibility index (Phi) is 4.76. The Morgan fingerprint density at radius 3 is 2.50 bits per heavy atom. The Bertz CT molecular complexity index is 1160. The van der Waals surface area contributed by atoms with Crippen LogP contribution in [0.5, 0.6) is 5.75 Å². The number of aromatic amines is 1. The number of ether oxygens (including phenoxy) is 1. The molecule has 0 aliphatic carbocycles. The number of methoxy groups -OCH3 is 1. The van der Waals surface area contributed by atoms with Crippen LogP contribution in [-0.2, 0) is 15.4 Å². The number of anilines is 1. The molecule has 0 atom stereocenters. The molecule has 0 amide bonds. The van der Waals surface area contributed by atoms with E-state index in [0.717, 1.165) is 11.9 Å². The summed E-state index contributed by atoms with van der Waals surface area (Å²) in [6, 6.07) is 8.39. The zero-order valence-corrected chi connectivity index (χ0v) is 16.6. The van der Waals surface area contributed by atoms with E-state index in [9.17, 15) is 18.5 Å². The number of rotatable bonds is 5. The van der Waals surface area contributed by atoms with Gasteiger partial charge in [-0.3, -0.25) is 14.8 Å². The van der Waals surface area contributed by atoms with Crippen LogP contribution in [0, 0.1) is 10.1 Å². The summed E-state index contributed by atoms with van der Waals surface area (Å²) in [5, 5.41) is 11.1. The molecule has 0 fully saturated rings. The number of hydrogen-bond acceptors (Lipinski definition) is 6. The second-order valence-corrected chi connectivity index (χ2v) is 8.95. The lowest BCUT2D eigenvalue weighted by molar-refractivity contribution is -0.386. The smallest absolute Gasteiger partial charge is 0.312 e. The topological polar surface area (TPSA) is 127 Å². The molecule has 0 unspecified atom stereocenters. The van der Waals surface area contributed by atoms with Gasteiger partial charge in [0.05, 0.1) is 33.6 Å². The first-order valence-electron chi connectivity index (χ1n) is 8.37. The lowest BCUT2D eigenvalue weighted by Crippen LogP contribution is -2.13. The molecule has 0 aliphatic rings. The van der Waals surface area contributed by atoms with E-state index >= 15 is 0 Å². The Hall–Kier alpha value is -3.14. The molecule has 3 aromatic rings. The van der Waals surface area contributed by atoms with E-state index in [-0.39, 0.29) is 16.1 Å². The van der Waals surface area contributed by atoms with Crippen molar-refractivity contribution in [1.29, 1.82) is 0 Å². The summed E-state index contributed by atoms with van der Waals surface area (Å²) in [6.45, 7) is 6.06. The van der Waals surface area contributed by atoms with Gasteiger partial charge in [0.2, 0.25) is 0 Å². The number of aromatic nitrogens is 2. The lowest BCUT2D eigenvalue weighted by atomic mass is 9.96. The number of benzene rings is 2. The minimum atomic E-state index is -4.03. The van der Waals surface area contributed by atoms with Gasteiger partial charge < -0.3 is 9.72 Å². The third-order valence-corrected chi connectivity index (χ3v) is 5.48. The molecule has 1 aromatic heterocycles. The summed E-state index contributed by atoms with van der Waals surface area (Å²) < 4.78 is 32.7. The normalized spacial score (nSPS) is 12.1. The standard InChI is InChI=1S/C18H20N4O5S/c1-18(2,3)17-19-13-7-5-11(9-14(13)20-17)21-28(25,26)12-6-8-16(27-4)15(10-12)22(23)24/h5-10,21H,1-4H3,(H,19,20). The second kappa shape index (κ2) is 6.79. The maximum Gasteiger partial charge on any atom is 0.312 e. The van der Waals surface area contributed by atoms with Crippen LogP contribution in [0.4, 0.5) is 11.4 Å². The highest BCUT2D eigenvalue weighted by atomic mass is 32.2. The van der Waals surface area contributed by atoms with Crippen molar-refractivity contribution in [1.82, 2.24) is 9.97 Å². The van der Waals surface area contributed by atoms with Crippen molar-refractivity contribution >= 4 is 32.4 Å². The first-order valence-corrected chi connectivity index (χ1v) is 9.85. The highest BCUT2D eigenvalue weighted by Gasteiger charge is 2.23. The molecular formula is C18H20N4O5S. The molecule has 0 bridgehead atoms. The van der Waals surface area contributed by atoms with Crippen LogP contribution in [0.15, 0.2) is 41.3 Å². The Labute approximate surface area is 162 Å². The number of nitrogens with one attached hydrogen (secondary N) is 2. The summed E-state index contributed by atoms with van der Waals surface area (Å²) in [6.07, 6.45) is 0. The first-order chi connectivity index (χ1) is 13.0. The summed E-state index contributed by atoms with van der Waals surface area (Å²) in [5.41, 5.74) is 1.11. The van der Waals surface area contributed by atoms with E-state index in [4.69, 9.17) is 4.74 Å². The highest BCUT2D eigenvalue weighted by Crippen LogP contribution is 2.30. The van der Waals surface area contributed by atoms with Crippen molar-refractivity contribution in [2.75, 3.05) is 11.8 Å². The molecule has 0 aliphatic heterocycles. The largest absolute Gasteiger partial charge is 0.490 e. The average molecular weight is 404 g/mol. The second-order valence-electron chi connectivity index (χ2n) is 7.26. The third-order valence-electron chi connectivity index (χ3n) is 4.10. The van der Waals surface area contributed by atoms with Crippen molar-refractivity contribution < 1.29 is 18.1 Å². The number of nitrogens with zero attached hydrogens (tertiary/aromatic N) is 2. The predicted molar refractivity (Wildman–Crippen MR) is 105 cm³/mol. The Morgan fingerprint density at radius 1 is 1.18 bits per heavy atom. The van der Waals surface area contributed by atoms with Gasteiger partial charge in [0.25, 0.3) is 10.0 Å². The molecule has 0 saturated heterocycles. The molecule has 28 heavy (non-hydrogen) atoms. The molecule has 9 nitrogen and oxygen atoms in total. The molecule has 0 radical (unpaired) electrons. The number of sulfonamides is 1. The van der Waals surface area contributed by atoms with Crippen LogP contribution in [0.2, 0.25) is 0 Å². The zero-order valence-electron chi connectivity index (χ0n) is 15.8. The molecule has 1 heterocycles. The summed E-state index contributed by atoms with van der Waals surface area (Å²) in [5.74, 6) is 0.769. The van der Waals surface area contributed by atoms with Gasteiger partial charge in [-0.15, -0.1) is 0 Å². The van der Waals surface area contributed by atoms with Crippen molar-refractivity contribution in [3.05, 3.63) is 52.3 Å². The van der Waals surface area contributed by atoms with E-state index in [2.05, 4.69) is 14.7 Å². The summed E-state index contributed by atoms with van der Waals surface area (Å²) in [7, 11) is -2.75. The van der Waals surface area contributed by atoms with Gasteiger partial charge >= 0.3 is 5.69 Å². The van der Waals surface area contributed by atoms with E-state index in [1.807, 2.05) is 20.8 Å². The Morgan fingerprint density at radius 2 is 1.89 bits per heavy atom. The molecule has 2 aromatic carbocycles. The quantitative estimate of drug-likeness (QED) is 0.494. The van der Waals surface area contributed by atoms with Crippen LogP contribution in [0.3, 0.4) is 0 Å². The average Bonchev–Trinajstić information content (AvgIpc) is 3.04. The maximum absolute atomic E-state index is 12.7. The maximum atomic E-state index is 12.7. The molecule has 0 spiro atoms. The molecular weight excluding hydrogens is 384 g/mol. The van der Waals surface area contributed by atoms with Crippen molar-refractivity contribution in [2.45, 2.75) is 31.1 Å². The fraction of sp³-hybridized carbons (Fsp3) is 0.278. The molecule has 2 N–H and O–H groups in total. The van der Waals surface area contributed by atoms with Crippen LogP contribution in [0.25, 0.3) is 11.0 Å². The van der Waals surface area contributed by atoms with Gasteiger partial charge in [-0.2, -0.15) is 0 Å². The SMILES string of the molecule is COc1ccc(S(=O)(=O)Nc2ccc3nc(C(C)(C)C)[nH]c3c2)cc1[N+](=O)[O-]. The van der Waals surface area contributed by atoms with Crippen molar-refractivity contribution in [3.63, 3.8) is 0 Å². The van der Waals surface area contributed by atoms with Gasteiger partial charge in [-0.25, -0.2) is 13.4 Å². The van der Waals surface area contributed by atoms with Gasteiger partial charge in [0.15, 0.2) is 5.75 Å². The van der Waals surface area contributed by atoms with Crippen molar-refractivity contribution in [3.8, 4) is 5.75 Å². The number of fused-ring (bicyclic) bond motifs is 1. The van der Waals surface area contributed by atoms with E-state index in [1.165, 1.54) is 19.2 Å². The number of nitro groups is 1. The molecule has 3 rings (SSSR count). The minimum absolute atomic E-state index is 0.0162. The third kappa shape index (κ3) is 3.77. The molecule has 10 heteroatoms. The first kappa shape index (κ1) is 19.6. The Balaban J connectivity index is 1.96. The number of nitro benzene ring substituents is 1.